The third-order valence-corrected chi connectivity index (χ3v) is 2.47. The molecule has 1 unspecified atom stereocenters. The van der Waals surface area contributed by atoms with Crippen LogP contribution in [0.15, 0.2) is 18.2 Å². The monoisotopic (exact) mass is 240 g/mol. The number of rotatable bonds is 4. The molecule has 1 atom stereocenters. The largest absolute Gasteiger partial charge is 0.326 e. The molecule has 0 aromatic heterocycles. The molecule has 92 valence electrons. The second kappa shape index (κ2) is 5.38. The van der Waals surface area contributed by atoms with Crippen LogP contribution in [-0.2, 0) is 4.79 Å². The van der Waals surface area contributed by atoms with Crippen molar-refractivity contribution in [2.75, 3.05) is 5.32 Å². The number of amides is 1. The number of hydrogen-bond donors (Lipinski definition) is 1. The number of carbonyl (C=O) groups excluding carboxylic acids is 1. The summed E-state index contributed by atoms with van der Waals surface area (Å²) in [7, 11) is 0. The lowest BCUT2D eigenvalue weighted by Crippen LogP contribution is -2.19. The van der Waals surface area contributed by atoms with E-state index in [1.165, 1.54) is 6.07 Å². The molecule has 0 radical (unpaired) electrons. The SMILES string of the molecule is CCC(C)C(=O)Nc1ccc(F)c([N+](=O)[O-])c1. The molecule has 1 rings (SSSR count). The Morgan fingerprint density at radius 3 is 2.76 bits per heavy atom. The normalized spacial score (nSPS) is 11.9. The molecule has 0 aliphatic rings. The summed E-state index contributed by atoms with van der Waals surface area (Å²) in [5.74, 6) is -1.36. The smallest absolute Gasteiger partial charge is 0.306 e. The zero-order valence-electron chi connectivity index (χ0n) is 9.57. The van der Waals surface area contributed by atoms with Crippen molar-refractivity contribution in [3.05, 3.63) is 34.1 Å². The Balaban J connectivity index is 2.90. The third kappa shape index (κ3) is 3.24. The van der Waals surface area contributed by atoms with Crippen molar-refractivity contribution >= 4 is 17.3 Å². The average Bonchev–Trinajstić information content (AvgIpc) is 2.30. The van der Waals surface area contributed by atoms with Gasteiger partial charge in [-0.25, -0.2) is 0 Å². The summed E-state index contributed by atoms with van der Waals surface area (Å²) in [5.41, 5.74) is -0.421. The molecule has 6 heteroatoms. The van der Waals surface area contributed by atoms with Crippen LogP contribution in [0.2, 0.25) is 0 Å². The van der Waals surface area contributed by atoms with Crippen molar-refractivity contribution in [2.24, 2.45) is 5.92 Å². The first-order chi connectivity index (χ1) is 7.95. The highest BCUT2D eigenvalue weighted by atomic mass is 19.1. The lowest BCUT2D eigenvalue weighted by Gasteiger charge is -2.09. The molecular weight excluding hydrogens is 227 g/mol. The topological polar surface area (TPSA) is 72.2 Å². The van der Waals surface area contributed by atoms with Gasteiger partial charge in [-0.15, -0.1) is 0 Å². The number of nitrogens with one attached hydrogen (secondary N) is 1. The number of halogens is 1. The summed E-state index contributed by atoms with van der Waals surface area (Å²) in [6, 6.07) is 3.27. The second-order valence-corrected chi connectivity index (χ2v) is 3.72. The standard InChI is InChI=1S/C11H13FN2O3/c1-3-7(2)11(15)13-8-4-5-9(12)10(6-8)14(16)17/h4-7H,3H2,1-2H3,(H,13,15). The van der Waals surface area contributed by atoms with Crippen molar-refractivity contribution in [3.63, 3.8) is 0 Å². The number of carbonyl (C=O) groups is 1. The van der Waals surface area contributed by atoms with Gasteiger partial charge in [0.15, 0.2) is 0 Å². The summed E-state index contributed by atoms with van der Waals surface area (Å²) in [6.45, 7) is 3.60. The van der Waals surface area contributed by atoms with Crippen LogP contribution in [0.3, 0.4) is 0 Å². The Morgan fingerprint density at radius 2 is 2.24 bits per heavy atom. The first-order valence-corrected chi connectivity index (χ1v) is 5.20. The molecule has 1 aromatic rings. The molecule has 1 amide bonds. The van der Waals surface area contributed by atoms with Crippen LogP contribution in [0.5, 0.6) is 0 Å². The van der Waals surface area contributed by atoms with Gasteiger partial charge in [0.05, 0.1) is 4.92 Å². The molecule has 0 bridgehead atoms. The number of hydrogen-bond acceptors (Lipinski definition) is 3. The van der Waals surface area contributed by atoms with E-state index in [9.17, 15) is 19.3 Å². The zero-order valence-corrected chi connectivity index (χ0v) is 9.57. The van der Waals surface area contributed by atoms with E-state index in [4.69, 9.17) is 0 Å². The van der Waals surface area contributed by atoms with Crippen LogP contribution >= 0.6 is 0 Å². The Hall–Kier alpha value is -1.98. The predicted molar refractivity (Wildman–Crippen MR) is 61.1 cm³/mol. The number of benzene rings is 1. The highest BCUT2D eigenvalue weighted by Crippen LogP contribution is 2.22. The minimum atomic E-state index is -0.920. The first kappa shape index (κ1) is 13.1. The number of nitro groups is 1. The van der Waals surface area contributed by atoms with E-state index < -0.39 is 16.4 Å². The molecule has 1 aromatic carbocycles. The fourth-order valence-electron chi connectivity index (χ4n) is 1.18. The Labute approximate surface area is 97.8 Å². The minimum Gasteiger partial charge on any atom is -0.326 e. The second-order valence-electron chi connectivity index (χ2n) is 3.72. The first-order valence-electron chi connectivity index (χ1n) is 5.20. The molecule has 0 aliphatic carbocycles. The lowest BCUT2D eigenvalue weighted by atomic mass is 10.1. The van der Waals surface area contributed by atoms with Crippen LogP contribution in [-0.4, -0.2) is 10.8 Å². The van der Waals surface area contributed by atoms with Gasteiger partial charge in [-0.05, 0) is 18.6 Å². The van der Waals surface area contributed by atoms with E-state index in [-0.39, 0.29) is 17.5 Å². The van der Waals surface area contributed by atoms with E-state index in [1.807, 2.05) is 6.92 Å². The molecule has 1 N–H and O–H groups in total. The van der Waals surface area contributed by atoms with E-state index in [2.05, 4.69) is 5.32 Å². The van der Waals surface area contributed by atoms with E-state index >= 15 is 0 Å². The van der Waals surface area contributed by atoms with E-state index in [0.717, 1.165) is 12.1 Å². The van der Waals surface area contributed by atoms with Gasteiger partial charge in [0.1, 0.15) is 0 Å². The maximum atomic E-state index is 13.0. The van der Waals surface area contributed by atoms with Crippen molar-refractivity contribution in [1.82, 2.24) is 0 Å². The van der Waals surface area contributed by atoms with Gasteiger partial charge in [-0.1, -0.05) is 13.8 Å². The fraction of sp³-hybridized carbons (Fsp3) is 0.364. The Morgan fingerprint density at radius 1 is 1.59 bits per heavy atom. The van der Waals surface area contributed by atoms with Gasteiger partial charge in [-0.2, -0.15) is 4.39 Å². The minimum absolute atomic E-state index is 0.195. The molecule has 17 heavy (non-hydrogen) atoms. The summed E-state index contributed by atoms with van der Waals surface area (Å²) >= 11 is 0. The van der Waals surface area contributed by atoms with Crippen LogP contribution in [0, 0.1) is 21.8 Å². The number of nitrogens with zero attached hydrogens (tertiary/aromatic N) is 1. The van der Waals surface area contributed by atoms with Crippen molar-refractivity contribution < 1.29 is 14.1 Å². The van der Waals surface area contributed by atoms with Gasteiger partial charge in [-0.3, -0.25) is 14.9 Å². The van der Waals surface area contributed by atoms with E-state index in [0.29, 0.717) is 6.42 Å². The van der Waals surface area contributed by atoms with Crippen LogP contribution in [0.25, 0.3) is 0 Å². The van der Waals surface area contributed by atoms with Gasteiger partial charge in [0, 0.05) is 17.7 Å². The van der Waals surface area contributed by atoms with Crippen LogP contribution in [0.1, 0.15) is 20.3 Å². The molecule has 0 spiro atoms. The highest BCUT2D eigenvalue weighted by molar-refractivity contribution is 5.92. The molecule has 5 nitrogen and oxygen atoms in total. The average molecular weight is 240 g/mol. The zero-order chi connectivity index (χ0) is 13.0. The summed E-state index contributed by atoms with van der Waals surface area (Å²) < 4.78 is 13.0. The lowest BCUT2D eigenvalue weighted by molar-refractivity contribution is -0.387. The maximum Gasteiger partial charge on any atom is 0.306 e. The van der Waals surface area contributed by atoms with Crippen LogP contribution in [0.4, 0.5) is 15.8 Å². The van der Waals surface area contributed by atoms with Gasteiger partial charge < -0.3 is 5.32 Å². The molecule has 0 saturated heterocycles. The highest BCUT2D eigenvalue weighted by Gasteiger charge is 2.16. The number of nitro benzene ring substituents is 1. The number of anilines is 1. The molecule has 0 heterocycles. The quantitative estimate of drug-likeness (QED) is 0.649. The van der Waals surface area contributed by atoms with Crippen molar-refractivity contribution in [2.45, 2.75) is 20.3 Å². The predicted octanol–water partition coefficient (Wildman–Crippen LogP) is 2.72. The Bertz CT molecular complexity index is 448. The van der Waals surface area contributed by atoms with Crippen molar-refractivity contribution in [3.8, 4) is 0 Å². The summed E-state index contributed by atoms with van der Waals surface area (Å²) in [4.78, 5) is 21.2. The maximum absolute atomic E-state index is 13.0. The van der Waals surface area contributed by atoms with E-state index in [1.54, 1.807) is 6.92 Å². The summed E-state index contributed by atoms with van der Waals surface area (Å²) in [5, 5.41) is 13.0. The molecule has 0 aliphatic heterocycles. The summed E-state index contributed by atoms with van der Waals surface area (Å²) in [6.07, 6.45) is 0.662. The molecule has 0 saturated carbocycles. The third-order valence-electron chi connectivity index (χ3n) is 2.47. The Kier molecular flexibility index (Phi) is 4.14. The van der Waals surface area contributed by atoms with Gasteiger partial charge in [0.2, 0.25) is 11.7 Å². The molecule has 0 fully saturated rings. The van der Waals surface area contributed by atoms with Crippen molar-refractivity contribution in [1.29, 1.82) is 0 Å². The van der Waals surface area contributed by atoms with Crippen LogP contribution < -0.4 is 5.32 Å². The van der Waals surface area contributed by atoms with Gasteiger partial charge >= 0.3 is 5.69 Å². The molecular formula is C11H13FN2O3. The van der Waals surface area contributed by atoms with Gasteiger partial charge in [0.25, 0.3) is 0 Å². The fourth-order valence-corrected chi connectivity index (χ4v) is 1.18.